The molecule has 1 saturated carbocycles. The number of nitrogens with one attached hydrogen (secondary N) is 1. The Hall–Kier alpha value is -2.34. The number of halogens is 1. The minimum atomic E-state index is -3.78. The number of aliphatic hydroxyl groups excluding tert-OH is 1. The average molecular weight is 389 g/mol. The lowest BCUT2D eigenvalue weighted by molar-refractivity contribution is 0.101. The van der Waals surface area contributed by atoms with Gasteiger partial charge < -0.3 is 5.11 Å². The van der Waals surface area contributed by atoms with Crippen LogP contribution in [0.1, 0.15) is 36.9 Å². The van der Waals surface area contributed by atoms with Crippen molar-refractivity contribution in [3.8, 4) is 17.3 Å². The van der Waals surface area contributed by atoms with Gasteiger partial charge in [0.2, 0.25) is 10.0 Å². The maximum absolute atomic E-state index is 13.5. The number of aliphatic hydroxyl groups is 1. The molecule has 1 aliphatic rings. The first-order valence-corrected chi connectivity index (χ1v) is 10.2. The molecule has 1 aliphatic carbocycles. The van der Waals surface area contributed by atoms with Gasteiger partial charge in [-0.15, -0.1) is 0 Å². The topological polar surface area (TPSA) is 103 Å². The second-order valence-corrected chi connectivity index (χ2v) is 8.41. The van der Waals surface area contributed by atoms with Crippen molar-refractivity contribution >= 4 is 10.0 Å². The van der Waals surface area contributed by atoms with E-state index in [-0.39, 0.29) is 10.6 Å². The SMILES string of the molecule is Cc1cc(S(=O)(=O)NC2CCCCC2O)ccc1-c1ccc(F)c(C#N)n1. The third kappa shape index (κ3) is 4.16. The summed E-state index contributed by atoms with van der Waals surface area (Å²) in [6.07, 6.45) is 2.28. The molecule has 8 heteroatoms. The number of sulfonamides is 1. The normalized spacial score (nSPS) is 20.2. The van der Waals surface area contributed by atoms with Crippen molar-refractivity contribution in [2.75, 3.05) is 0 Å². The largest absolute Gasteiger partial charge is 0.391 e. The second-order valence-electron chi connectivity index (χ2n) is 6.70. The summed E-state index contributed by atoms with van der Waals surface area (Å²) in [5.74, 6) is -0.701. The lowest BCUT2D eigenvalue weighted by Crippen LogP contribution is -2.44. The molecule has 2 N–H and O–H groups in total. The van der Waals surface area contributed by atoms with Crippen molar-refractivity contribution in [2.24, 2.45) is 0 Å². The summed E-state index contributed by atoms with van der Waals surface area (Å²) in [4.78, 5) is 4.07. The molecule has 27 heavy (non-hydrogen) atoms. The van der Waals surface area contributed by atoms with E-state index in [1.807, 2.05) is 0 Å². The highest BCUT2D eigenvalue weighted by Crippen LogP contribution is 2.26. The molecule has 0 spiro atoms. The van der Waals surface area contributed by atoms with Crippen LogP contribution in [0.5, 0.6) is 0 Å². The van der Waals surface area contributed by atoms with Gasteiger partial charge in [-0.2, -0.15) is 5.26 Å². The molecule has 0 amide bonds. The summed E-state index contributed by atoms with van der Waals surface area (Å²) in [6.45, 7) is 1.72. The molecule has 6 nitrogen and oxygen atoms in total. The number of nitriles is 1. The van der Waals surface area contributed by atoms with Crippen LogP contribution in [0, 0.1) is 24.1 Å². The smallest absolute Gasteiger partial charge is 0.240 e. The predicted molar refractivity (Wildman–Crippen MR) is 97.7 cm³/mol. The first-order chi connectivity index (χ1) is 12.8. The standard InChI is InChI=1S/C19H20FN3O3S/c1-12-10-13(27(25,26)23-17-4-2-3-5-19(17)24)6-7-14(12)16-9-8-15(20)18(11-21)22-16/h6-10,17,19,23-24H,2-5H2,1H3. The van der Waals surface area contributed by atoms with Crippen LogP contribution in [-0.4, -0.2) is 30.7 Å². The highest BCUT2D eigenvalue weighted by Gasteiger charge is 2.28. The maximum atomic E-state index is 13.5. The molecule has 2 atom stereocenters. The van der Waals surface area contributed by atoms with Gasteiger partial charge in [0, 0.05) is 11.6 Å². The average Bonchev–Trinajstić information content (AvgIpc) is 2.64. The molecule has 0 radical (unpaired) electrons. The quantitative estimate of drug-likeness (QED) is 0.837. The first kappa shape index (κ1) is 19.4. The number of pyridine rings is 1. The van der Waals surface area contributed by atoms with E-state index in [1.54, 1.807) is 19.1 Å². The molecule has 2 unspecified atom stereocenters. The fraction of sp³-hybridized carbons (Fsp3) is 0.368. The Kier molecular flexibility index (Phi) is 5.56. The number of nitrogens with zero attached hydrogens (tertiary/aromatic N) is 2. The molecule has 0 aliphatic heterocycles. The Labute approximate surface area is 157 Å². The van der Waals surface area contributed by atoms with Crippen LogP contribution in [-0.2, 0) is 10.0 Å². The zero-order chi connectivity index (χ0) is 19.6. The van der Waals surface area contributed by atoms with Gasteiger partial charge >= 0.3 is 0 Å². The van der Waals surface area contributed by atoms with E-state index in [2.05, 4.69) is 9.71 Å². The summed E-state index contributed by atoms with van der Waals surface area (Å²) in [5, 5.41) is 18.9. The third-order valence-electron chi connectivity index (χ3n) is 4.77. The van der Waals surface area contributed by atoms with Crippen LogP contribution in [0.3, 0.4) is 0 Å². The van der Waals surface area contributed by atoms with Crippen molar-refractivity contribution in [1.29, 1.82) is 5.26 Å². The zero-order valence-corrected chi connectivity index (χ0v) is 15.6. The second kappa shape index (κ2) is 7.72. The van der Waals surface area contributed by atoms with E-state index in [4.69, 9.17) is 5.26 Å². The first-order valence-electron chi connectivity index (χ1n) is 8.70. The molecular weight excluding hydrogens is 369 g/mol. The van der Waals surface area contributed by atoms with Crippen molar-refractivity contribution in [3.63, 3.8) is 0 Å². The van der Waals surface area contributed by atoms with Crippen molar-refractivity contribution in [2.45, 2.75) is 49.6 Å². The van der Waals surface area contributed by atoms with Crippen molar-refractivity contribution < 1.29 is 17.9 Å². The Balaban J connectivity index is 1.89. The van der Waals surface area contributed by atoms with E-state index >= 15 is 0 Å². The molecule has 1 aromatic heterocycles. The summed E-state index contributed by atoms with van der Waals surface area (Å²) in [5.41, 5.74) is 1.33. The molecule has 3 rings (SSSR count). The number of hydrogen-bond donors (Lipinski definition) is 2. The lowest BCUT2D eigenvalue weighted by Gasteiger charge is -2.28. The fourth-order valence-corrected chi connectivity index (χ4v) is 4.67. The Morgan fingerprint density at radius 3 is 2.67 bits per heavy atom. The number of rotatable bonds is 4. The van der Waals surface area contributed by atoms with Gasteiger partial charge in [-0.1, -0.05) is 18.9 Å². The Morgan fingerprint density at radius 2 is 2.00 bits per heavy atom. The van der Waals surface area contributed by atoms with Crippen LogP contribution in [0.4, 0.5) is 4.39 Å². The van der Waals surface area contributed by atoms with Gasteiger partial charge in [0.05, 0.1) is 16.7 Å². The molecular formula is C19H20FN3O3S. The summed E-state index contributed by atoms with van der Waals surface area (Å²) in [6, 6.07) is 8.35. The number of aryl methyl sites for hydroxylation is 1. The van der Waals surface area contributed by atoms with E-state index in [9.17, 15) is 17.9 Å². The summed E-state index contributed by atoms with van der Waals surface area (Å²) >= 11 is 0. The minimum Gasteiger partial charge on any atom is -0.391 e. The van der Waals surface area contributed by atoms with Gasteiger partial charge in [-0.05, 0) is 49.6 Å². The van der Waals surface area contributed by atoms with Crippen LogP contribution in [0.15, 0.2) is 35.2 Å². The molecule has 142 valence electrons. The third-order valence-corrected chi connectivity index (χ3v) is 6.26. The van der Waals surface area contributed by atoms with Gasteiger partial charge in [-0.25, -0.2) is 22.5 Å². The Bertz CT molecular complexity index is 1000. The zero-order valence-electron chi connectivity index (χ0n) is 14.8. The van der Waals surface area contributed by atoms with Gasteiger partial charge in [0.15, 0.2) is 11.5 Å². The summed E-state index contributed by atoms with van der Waals surface area (Å²) < 4.78 is 41.4. The van der Waals surface area contributed by atoms with Crippen molar-refractivity contribution in [3.05, 3.63) is 47.4 Å². The highest BCUT2D eigenvalue weighted by atomic mass is 32.2. The van der Waals surface area contributed by atoms with Crippen molar-refractivity contribution in [1.82, 2.24) is 9.71 Å². The van der Waals surface area contributed by atoms with Crippen LogP contribution in [0.25, 0.3) is 11.3 Å². The van der Waals surface area contributed by atoms with Gasteiger partial charge in [-0.3, -0.25) is 0 Å². The van der Waals surface area contributed by atoms with Crippen LogP contribution < -0.4 is 4.72 Å². The van der Waals surface area contributed by atoms with E-state index in [0.29, 0.717) is 29.7 Å². The van der Waals surface area contributed by atoms with E-state index in [0.717, 1.165) is 18.9 Å². The van der Waals surface area contributed by atoms with E-state index in [1.165, 1.54) is 18.2 Å². The fourth-order valence-electron chi connectivity index (χ4n) is 3.28. The Morgan fingerprint density at radius 1 is 1.26 bits per heavy atom. The van der Waals surface area contributed by atoms with Crippen LogP contribution >= 0.6 is 0 Å². The molecule has 1 aromatic carbocycles. The predicted octanol–water partition coefficient (Wildman–Crippen LogP) is 2.65. The number of aromatic nitrogens is 1. The van der Waals surface area contributed by atoms with Gasteiger partial charge in [0.25, 0.3) is 0 Å². The lowest BCUT2D eigenvalue weighted by atomic mass is 9.93. The molecule has 2 aromatic rings. The van der Waals surface area contributed by atoms with E-state index < -0.39 is 28.0 Å². The minimum absolute atomic E-state index is 0.0872. The number of benzene rings is 1. The molecule has 0 bridgehead atoms. The highest BCUT2D eigenvalue weighted by molar-refractivity contribution is 7.89. The summed E-state index contributed by atoms with van der Waals surface area (Å²) in [7, 11) is -3.78. The molecule has 0 saturated heterocycles. The maximum Gasteiger partial charge on any atom is 0.240 e. The molecule has 1 fully saturated rings. The van der Waals surface area contributed by atoms with Gasteiger partial charge in [0.1, 0.15) is 6.07 Å². The monoisotopic (exact) mass is 389 g/mol. The number of hydrogen-bond acceptors (Lipinski definition) is 5. The molecule has 1 heterocycles. The van der Waals surface area contributed by atoms with Crippen LogP contribution in [0.2, 0.25) is 0 Å².